The molecule has 2 aliphatic rings. The van der Waals surface area contributed by atoms with E-state index in [0.717, 1.165) is 59.8 Å². The molecular formula is C40H43N6O3+. The Bertz CT molecular complexity index is 2000. The van der Waals surface area contributed by atoms with E-state index in [1.54, 1.807) is 17.3 Å². The van der Waals surface area contributed by atoms with E-state index < -0.39 is 5.54 Å². The molecule has 0 fully saturated rings. The van der Waals surface area contributed by atoms with Gasteiger partial charge in [0, 0.05) is 77.5 Å². The number of aromatic hydroxyl groups is 1. The van der Waals surface area contributed by atoms with Gasteiger partial charge in [0.05, 0.1) is 13.3 Å². The number of fused-ring (bicyclic) bond motifs is 6. The number of hydrazone groups is 1. The largest absolute Gasteiger partial charge is 0.507 e. The van der Waals surface area contributed by atoms with E-state index in [0.29, 0.717) is 29.2 Å². The first-order valence-electron chi connectivity index (χ1n) is 17.1. The number of phenols is 1. The lowest BCUT2D eigenvalue weighted by atomic mass is 9.75. The fourth-order valence-corrected chi connectivity index (χ4v) is 7.38. The van der Waals surface area contributed by atoms with Crippen LogP contribution in [0.1, 0.15) is 65.9 Å². The van der Waals surface area contributed by atoms with Gasteiger partial charge < -0.3 is 19.6 Å². The van der Waals surface area contributed by atoms with Crippen molar-refractivity contribution in [3.63, 3.8) is 0 Å². The van der Waals surface area contributed by atoms with Gasteiger partial charge in [0.2, 0.25) is 6.33 Å². The van der Waals surface area contributed by atoms with E-state index in [-0.39, 0.29) is 11.7 Å². The van der Waals surface area contributed by atoms with Crippen LogP contribution in [0.5, 0.6) is 17.2 Å². The zero-order chi connectivity index (χ0) is 34.3. The third kappa shape index (κ3) is 5.30. The number of aryl methyl sites for hydroxylation is 1. The molecule has 0 saturated carbocycles. The van der Waals surface area contributed by atoms with Crippen LogP contribution in [0.2, 0.25) is 0 Å². The van der Waals surface area contributed by atoms with E-state index >= 15 is 0 Å². The molecule has 5 aromatic rings. The zero-order valence-electron chi connectivity index (χ0n) is 28.8. The maximum atomic E-state index is 14.5. The van der Waals surface area contributed by atoms with Crippen molar-refractivity contribution in [1.29, 1.82) is 0 Å². The van der Waals surface area contributed by atoms with Crippen LogP contribution >= 0.6 is 0 Å². The quantitative estimate of drug-likeness (QED) is 0.135. The Balaban J connectivity index is 1.42. The van der Waals surface area contributed by atoms with Crippen molar-refractivity contribution in [2.75, 3.05) is 36.0 Å². The van der Waals surface area contributed by atoms with Crippen molar-refractivity contribution in [1.82, 2.24) is 9.58 Å². The average Bonchev–Trinajstić information content (AvgIpc) is 3.63. The second-order valence-corrected chi connectivity index (χ2v) is 12.6. The monoisotopic (exact) mass is 655 g/mol. The number of aromatic nitrogens is 2. The van der Waals surface area contributed by atoms with Gasteiger partial charge in [-0.3, -0.25) is 4.79 Å². The van der Waals surface area contributed by atoms with Gasteiger partial charge in [-0.1, -0.05) is 36.4 Å². The second-order valence-electron chi connectivity index (χ2n) is 12.6. The fourth-order valence-electron chi connectivity index (χ4n) is 7.38. The predicted molar refractivity (Wildman–Crippen MR) is 193 cm³/mol. The summed E-state index contributed by atoms with van der Waals surface area (Å²) in [5.41, 5.74) is 5.60. The first kappa shape index (κ1) is 32.0. The van der Waals surface area contributed by atoms with Crippen LogP contribution in [0, 0.1) is 0 Å². The van der Waals surface area contributed by atoms with Crippen LogP contribution in [0.4, 0.5) is 11.4 Å². The smallest absolute Gasteiger partial charge is 0.275 e. The summed E-state index contributed by atoms with van der Waals surface area (Å²) in [6.45, 7) is 12.6. The Hall–Kier alpha value is -5.57. The molecule has 7 rings (SSSR count). The molecule has 2 aliphatic heterocycles. The van der Waals surface area contributed by atoms with Gasteiger partial charge in [-0.2, -0.15) is 5.10 Å². The number of benzene rings is 4. The number of anilines is 2. The molecule has 9 nitrogen and oxygen atoms in total. The molecule has 0 saturated heterocycles. The third-order valence-electron chi connectivity index (χ3n) is 9.84. The minimum absolute atomic E-state index is 0.0873. The van der Waals surface area contributed by atoms with Gasteiger partial charge in [-0.05, 0) is 63.6 Å². The summed E-state index contributed by atoms with van der Waals surface area (Å²) in [5, 5.41) is 17.5. The molecule has 1 aromatic heterocycles. The highest BCUT2D eigenvalue weighted by Gasteiger charge is 2.57. The summed E-state index contributed by atoms with van der Waals surface area (Å²) in [7, 11) is 1.98. The molecule has 250 valence electrons. The molecule has 9 heteroatoms. The first-order valence-corrected chi connectivity index (χ1v) is 17.1. The number of carbonyl (C=O) groups excluding carboxylic acids is 1. The molecule has 0 atom stereocenters. The Morgan fingerprint density at radius 3 is 2.06 bits per heavy atom. The summed E-state index contributed by atoms with van der Waals surface area (Å²) < 4.78 is 10.8. The van der Waals surface area contributed by atoms with Gasteiger partial charge in [0.25, 0.3) is 5.91 Å². The van der Waals surface area contributed by atoms with Crippen LogP contribution in [0.15, 0.2) is 103 Å². The molecule has 4 aromatic carbocycles. The number of rotatable bonds is 10. The number of carbonyl (C=O) groups is 1. The number of imidazole rings is 1. The van der Waals surface area contributed by atoms with Gasteiger partial charge in [0.15, 0.2) is 0 Å². The molecule has 49 heavy (non-hydrogen) atoms. The SMILES string of the molecule is CCN(CC)c1ccc2c(c1)Oc1cc(N(CC)CC)ccc1C21c2ccccc2C(=O)N1/N=C/c1cc(Cn2cc[n+](C)c2)ccc1O. The first-order chi connectivity index (χ1) is 23.8. The van der Waals surface area contributed by atoms with Gasteiger partial charge in [0.1, 0.15) is 41.7 Å². The molecule has 0 aliphatic carbocycles. The topological polar surface area (TPSA) is 77.4 Å². The fraction of sp³-hybridized carbons (Fsp3) is 0.275. The summed E-state index contributed by atoms with van der Waals surface area (Å²) >= 11 is 0. The lowest BCUT2D eigenvalue weighted by molar-refractivity contribution is -0.671. The average molecular weight is 656 g/mol. The van der Waals surface area contributed by atoms with Crippen molar-refractivity contribution in [2.45, 2.75) is 39.8 Å². The highest BCUT2D eigenvalue weighted by atomic mass is 16.5. The Morgan fingerprint density at radius 1 is 0.837 bits per heavy atom. The van der Waals surface area contributed by atoms with Crippen LogP contribution in [0.3, 0.4) is 0 Å². The Labute approximate surface area is 287 Å². The maximum absolute atomic E-state index is 14.5. The molecule has 1 spiro atoms. The van der Waals surface area contributed by atoms with E-state index in [9.17, 15) is 9.90 Å². The number of amides is 1. The van der Waals surface area contributed by atoms with Crippen molar-refractivity contribution in [3.8, 4) is 17.2 Å². The zero-order valence-corrected chi connectivity index (χ0v) is 28.8. The van der Waals surface area contributed by atoms with Crippen LogP contribution in [0.25, 0.3) is 0 Å². The van der Waals surface area contributed by atoms with Crippen molar-refractivity contribution >= 4 is 23.5 Å². The second kappa shape index (κ2) is 12.8. The lowest BCUT2D eigenvalue weighted by Crippen LogP contribution is -2.44. The van der Waals surface area contributed by atoms with E-state index in [1.807, 2.05) is 66.7 Å². The normalized spacial score (nSPS) is 14.1. The lowest BCUT2D eigenvalue weighted by Gasteiger charge is -2.42. The van der Waals surface area contributed by atoms with Crippen molar-refractivity contribution < 1.29 is 19.2 Å². The maximum Gasteiger partial charge on any atom is 0.275 e. The van der Waals surface area contributed by atoms with Crippen molar-refractivity contribution in [2.24, 2.45) is 12.1 Å². The number of nitrogens with zero attached hydrogens (tertiary/aromatic N) is 6. The number of hydrogen-bond donors (Lipinski definition) is 1. The van der Waals surface area contributed by atoms with E-state index in [4.69, 9.17) is 9.84 Å². The minimum Gasteiger partial charge on any atom is -0.507 e. The molecule has 0 bridgehead atoms. The molecular weight excluding hydrogens is 612 g/mol. The third-order valence-corrected chi connectivity index (χ3v) is 9.84. The molecule has 3 heterocycles. The van der Waals surface area contributed by atoms with E-state index in [1.165, 1.54) is 0 Å². The summed E-state index contributed by atoms with van der Waals surface area (Å²) in [6.07, 6.45) is 7.59. The van der Waals surface area contributed by atoms with Gasteiger partial charge >= 0.3 is 0 Å². The predicted octanol–water partition coefficient (Wildman–Crippen LogP) is 6.65. The summed E-state index contributed by atoms with van der Waals surface area (Å²) in [6, 6.07) is 25.8. The minimum atomic E-state index is -1.11. The highest BCUT2D eigenvalue weighted by molar-refractivity contribution is 6.03. The number of phenolic OH excluding ortho intramolecular Hbond substituents is 1. The highest BCUT2D eigenvalue weighted by Crippen LogP contribution is 2.58. The summed E-state index contributed by atoms with van der Waals surface area (Å²) in [5.74, 6) is 1.23. The van der Waals surface area contributed by atoms with Gasteiger partial charge in [-0.15, -0.1) is 0 Å². The molecule has 0 radical (unpaired) electrons. The molecule has 1 amide bonds. The Kier molecular flexibility index (Phi) is 8.36. The molecule has 1 N–H and O–H groups in total. The number of hydrogen-bond acceptors (Lipinski definition) is 6. The summed E-state index contributed by atoms with van der Waals surface area (Å²) in [4.78, 5) is 19.1. The van der Waals surface area contributed by atoms with Crippen LogP contribution in [-0.2, 0) is 19.1 Å². The van der Waals surface area contributed by atoms with Crippen LogP contribution < -0.4 is 19.1 Å². The number of ether oxygens (including phenoxy) is 1. The van der Waals surface area contributed by atoms with Crippen LogP contribution in [-0.4, -0.2) is 53.0 Å². The van der Waals surface area contributed by atoms with Gasteiger partial charge in [-0.25, -0.2) is 14.1 Å². The Morgan fingerprint density at radius 2 is 1.47 bits per heavy atom. The van der Waals surface area contributed by atoms with Crippen molar-refractivity contribution in [3.05, 3.63) is 131 Å². The van der Waals surface area contributed by atoms with E-state index in [2.05, 4.69) is 78.5 Å². The molecule has 0 unspecified atom stereocenters. The standard InChI is InChI=1S/C40H42N6O3/c1-6-44(7-2)30-15-17-34-37(23-30)49-38-24-31(45(8-3)9-4)16-18-35(38)40(34)33-13-11-10-12-32(33)39(48)46(40)41-25-29-22-28(14-19-36(29)47)26-43-21-20-42(5)27-43/h10-25,27H,6-9,26H2,1-5H3/p+1.